The number of hydrogen-bond acceptors (Lipinski definition) is 7. The molecule has 2 saturated carbocycles. The molecule has 10 atom stereocenters. The van der Waals surface area contributed by atoms with Gasteiger partial charge in [-0.15, -0.1) is 0 Å². The van der Waals surface area contributed by atoms with Gasteiger partial charge in [0.15, 0.2) is 6.10 Å². The van der Waals surface area contributed by atoms with Crippen LogP contribution in [0.1, 0.15) is 56.1 Å². The number of benzene rings is 1. The molecule has 33 heavy (non-hydrogen) atoms. The summed E-state index contributed by atoms with van der Waals surface area (Å²) in [6.45, 7) is 2.25. The summed E-state index contributed by atoms with van der Waals surface area (Å²) in [7, 11) is 0. The van der Waals surface area contributed by atoms with E-state index in [2.05, 4.69) is 6.92 Å². The van der Waals surface area contributed by atoms with Crippen molar-refractivity contribution in [3.8, 4) is 5.75 Å². The Morgan fingerprint density at radius 1 is 1.06 bits per heavy atom. The molecule has 1 saturated heterocycles. The first kappa shape index (κ1) is 25.4. The van der Waals surface area contributed by atoms with Crippen LogP contribution in [0.3, 0.4) is 0 Å². The van der Waals surface area contributed by atoms with Gasteiger partial charge in [-0.05, 0) is 85.0 Å². The minimum absolute atomic E-state index is 0. The van der Waals surface area contributed by atoms with Crippen molar-refractivity contribution in [2.75, 3.05) is 0 Å². The predicted molar refractivity (Wildman–Crippen MR) is 118 cm³/mol. The van der Waals surface area contributed by atoms with Crippen LogP contribution in [-0.4, -0.2) is 97.9 Å². The molecule has 3 fully saturated rings. The molecule has 3 aliphatic carbocycles. The number of aliphatic hydroxyl groups is 4. The summed E-state index contributed by atoms with van der Waals surface area (Å²) in [6.07, 6.45) is -2.28. The minimum Gasteiger partial charge on any atom is -0.479 e. The molecule has 0 bridgehead atoms. The van der Waals surface area contributed by atoms with Crippen LogP contribution in [0.4, 0.5) is 0 Å². The first-order chi connectivity index (χ1) is 15.2. The summed E-state index contributed by atoms with van der Waals surface area (Å²) in [5, 5.41) is 49.8. The van der Waals surface area contributed by atoms with Crippen LogP contribution in [0, 0.1) is 17.3 Å². The number of carboxylic acids is 1. The predicted octanol–water partition coefficient (Wildman–Crippen LogP) is 0.794. The van der Waals surface area contributed by atoms with Crippen molar-refractivity contribution in [1.29, 1.82) is 0 Å². The molecule has 1 aromatic rings. The summed E-state index contributed by atoms with van der Waals surface area (Å²) in [5.74, 6) is 0.570. The number of aliphatic hydroxyl groups excluding tert-OH is 4. The molecule has 0 amide bonds. The first-order valence-corrected chi connectivity index (χ1v) is 11.6. The summed E-state index contributed by atoms with van der Waals surface area (Å²) in [6, 6.07) is 5.75. The molecule has 1 radical (unpaired) electrons. The van der Waals surface area contributed by atoms with Crippen LogP contribution in [0.25, 0.3) is 0 Å². The van der Waals surface area contributed by atoms with E-state index in [9.17, 15) is 30.3 Å². The molecule has 1 heterocycles. The zero-order chi connectivity index (χ0) is 22.8. The third-order valence-corrected chi connectivity index (χ3v) is 8.71. The van der Waals surface area contributed by atoms with Gasteiger partial charge in [0.25, 0.3) is 0 Å². The Morgan fingerprint density at radius 3 is 2.55 bits per heavy atom. The summed E-state index contributed by atoms with van der Waals surface area (Å²) < 4.78 is 11.0. The monoisotopic (exact) mass is 471 g/mol. The van der Waals surface area contributed by atoms with E-state index < -0.39 is 36.7 Å². The van der Waals surface area contributed by atoms with Crippen LogP contribution in [0.15, 0.2) is 18.2 Å². The molecular formula is C24H32NaO8. The van der Waals surface area contributed by atoms with Gasteiger partial charge in [-0.3, -0.25) is 0 Å². The van der Waals surface area contributed by atoms with E-state index >= 15 is 0 Å². The Morgan fingerprint density at radius 2 is 1.82 bits per heavy atom. The van der Waals surface area contributed by atoms with Gasteiger partial charge >= 0.3 is 5.97 Å². The zero-order valence-corrected chi connectivity index (χ0v) is 21.1. The maximum atomic E-state index is 11.3. The van der Waals surface area contributed by atoms with Crippen LogP contribution in [-0.2, 0) is 16.0 Å². The molecule has 177 valence electrons. The maximum Gasteiger partial charge on any atom is 0.335 e. The standard InChI is InChI=1S/C24H32O8.Na/c1-24-9-8-14-13-5-3-12(10-11(13)2-4-15(14)16(24)6-7-17(24)25)31-23-20(28)18(26)19(27)21(32-23)22(29)30;/h3,5,10,14-21,23,25-28H,2,4,6-9H2,1H3,(H,29,30);. The Kier molecular flexibility index (Phi) is 7.22. The molecule has 9 heteroatoms. The number of aryl methyl sites for hydroxylation is 1. The third-order valence-electron chi connectivity index (χ3n) is 8.71. The van der Waals surface area contributed by atoms with Crippen molar-refractivity contribution in [1.82, 2.24) is 0 Å². The second kappa shape index (κ2) is 9.39. The van der Waals surface area contributed by atoms with E-state index in [0.717, 1.165) is 38.5 Å². The van der Waals surface area contributed by atoms with Gasteiger partial charge < -0.3 is 35.0 Å². The maximum absolute atomic E-state index is 11.3. The Bertz CT molecular complexity index is 895. The molecule has 1 aliphatic heterocycles. The molecule has 0 spiro atoms. The summed E-state index contributed by atoms with van der Waals surface area (Å²) >= 11 is 0. The van der Waals surface area contributed by atoms with Crippen LogP contribution in [0.5, 0.6) is 5.75 Å². The van der Waals surface area contributed by atoms with E-state index in [0.29, 0.717) is 23.5 Å². The summed E-state index contributed by atoms with van der Waals surface area (Å²) in [4.78, 5) is 11.3. The van der Waals surface area contributed by atoms with E-state index in [-0.39, 0.29) is 41.1 Å². The molecular weight excluding hydrogens is 439 g/mol. The van der Waals surface area contributed by atoms with Crippen LogP contribution in [0.2, 0.25) is 0 Å². The quantitative estimate of drug-likeness (QED) is 0.408. The van der Waals surface area contributed by atoms with E-state index in [1.807, 2.05) is 12.1 Å². The number of carboxylic acid groups (broad SMARTS) is 1. The van der Waals surface area contributed by atoms with Gasteiger partial charge in [-0.2, -0.15) is 0 Å². The molecule has 0 aromatic heterocycles. The normalized spacial score (nSPS) is 44.1. The Balaban J connectivity index is 0.00000259. The second-order valence-corrected chi connectivity index (χ2v) is 10.3. The van der Waals surface area contributed by atoms with Crippen LogP contribution >= 0.6 is 0 Å². The Hall–Kier alpha value is -0.710. The third kappa shape index (κ3) is 4.16. The van der Waals surface area contributed by atoms with Gasteiger partial charge in [0.05, 0.1) is 6.10 Å². The van der Waals surface area contributed by atoms with Gasteiger partial charge in [0.2, 0.25) is 6.29 Å². The van der Waals surface area contributed by atoms with Crippen molar-refractivity contribution >= 4 is 35.5 Å². The van der Waals surface area contributed by atoms with E-state index in [1.165, 1.54) is 11.1 Å². The van der Waals surface area contributed by atoms with Crippen LogP contribution < -0.4 is 4.74 Å². The first-order valence-electron chi connectivity index (χ1n) is 11.6. The number of hydrogen-bond donors (Lipinski definition) is 5. The van der Waals surface area contributed by atoms with Gasteiger partial charge in [0, 0.05) is 29.6 Å². The molecule has 4 aliphatic rings. The fourth-order valence-corrected chi connectivity index (χ4v) is 6.89. The Labute approximate surface area is 215 Å². The van der Waals surface area contributed by atoms with Crippen molar-refractivity contribution in [3.63, 3.8) is 0 Å². The smallest absolute Gasteiger partial charge is 0.335 e. The van der Waals surface area contributed by atoms with Crippen molar-refractivity contribution in [2.45, 2.75) is 88.2 Å². The number of fused-ring (bicyclic) bond motifs is 5. The van der Waals surface area contributed by atoms with Gasteiger partial charge in [-0.1, -0.05) is 13.0 Å². The van der Waals surface area contributed by atoms with Crippen molar-refractivity contribution in [3.05, 3.63) is 29.3 Å². The zero-order valence-electron chi connectivity index (χ0n) is 19.1. The van der Waals surface area contributed by atoms with Gasteiger partial charge in [0.1, 0.15) is 24.1 Å². The summed E-state index contributed by atoms with van der Waals surface area (Å²) in [5.41, 5.74) is 2.51. The fourth-order valence-electron chi connectivity index (χ4n) is 6.89. The SMILES string of the molecule is CC12CCC3c4ccc(OC5OC(C(=O)O)C(O)C(O)C5O)cc4CCC3C1CCC2O.[Na]. The van der Waals surface area contributed by atoms with Crippen molar-refractivity contribution in [2.24, 2.45) is 17.3 Å². The molecule has 5 rings (SSSR count). The van der Waals surface area contributed by atoms with E-state index in [4.69, 9.17) is 9.47 Å². The minimum atomic E-state index is -1.74. The fraction of sp³-hybridized carbons (Fsp3) is 0.708. The second-order valence-electron chi connectivity index (χ2n) is 10.3. The average Bonchev–Trinajstić information content (AvgIpc) is 3.08. The largest absolute Gasteiger partial charge is 0.479 e. The number of rotatable bonds is 3. The topological polar surface area (TPSA) is 137 Å². The van der Waals surface area contributed by atoms with E-state index in [1.54, 1.807) is 6.07 Å². The van der Waals surface area contributed by atoms with Crippen molar-refractivity contribution < 1.29 is 39.8 Å². The number of ether oxygens (including phenoxy) is 2. The average molecular weight is 472 g/mol. The molecule has 1 aromatic carbocycles. The van der Waals surface area contributed by atoms with Gasteiger partial charge in [-0.25, -0.2) is 4.79 Å². The molecule has 5 N–H and O–H groups in total. The molecule has 8 nitrogen and oxygen atoms in total. The number of aliphatic carboxylic acids is 1. The number of carbonyl (C=O) groups is 1. The molecule has 10 unspecified atom stereocenters.